The van der Waals surface area contributed by atoms with E-state index in [4.69, 9.17) is 27.9 Å². The van der Waals surface area contributed by atoms with Crippen LogP contribution in [0.15, 0.2) is 65.8 Å². The Morgan fingerprint density at radius 2 is 1.84 bits per heavy atom. The lowest BCUT2D eigenvalue weighted by Crippen LogP contribution is -2.11. The van der Waals surface area contributed by atoms with Crippen LogP contribution in [0.2, 0.25) is 10.0 Å². The van der Waals surface area contributed by atoms with Crippen molar-refractivity contribution in [3.8, 4) is 17.5 Å². The second-order valence-corrected chi connectivity index (χ2v) is 10.2. The minimum absolute atomic E-state index is 0.0917. The van der Waals surface area contributed by atoms with Crippen LogP contribution in [0.4, 0.5) is 0 Å². The van der Waals surface area contributed by atoms with Gasteiger partial charge >= 0.3 is 0 Å². The maximum Gasteiger partial charge on any atom is 0.220 e. The number of halogens is 2. The van der Waals surface area contributed by atoms with Gasteiger partial charge in [-0.15, -0.1) is 10.2 Å². The van der Waals surface area contributed by atoms with Crippen LogP contribution in [0.3, 0.4) is 0 Å². The normalized spacial score (nSPS) is 11.6. The number of ether oxygens (including phenoxy) is 1. The molecule has 0 bridgehead atoms. The molecule has 188 valence electrons. The van der Waals surface area contributed by atoms with Crippen molar-refractivity contribution in [2.45, 2.75) is 30.9 Å². The Balaban J connectivity index is 1.63. The highest BCUT2D eigenvalue weighted by Crippen LogP contribution is 2.42. The molecule has 0 fully saturated rings. The first-order chi connectivity index (χ1) is 17.8. The number of rotatable bonds is 9. The lowest BCUT2D eigenvalue weighted by atomic mass is 10.1. The van der Waals surface area contributed by atoms with Crippen molar-refractivity contribution < 1.29 is 9.66 Å². The van der Waals surface area contributed by atoms with Gasteiger partial charge in [0.15, 0.2) is 10.9 Å². The lowest BCUT2D eigenvalue weighted by Gasteiger charge is -2.17. The Labute approximate surface area is 228 Å². The Bertz CT molecular complexity index is 1480. The molecule has 3 aromatic carbocycles. The molecule has 0 aliphatic carbocycles. The fraction of sp³-hybridized carbons (Fsp3) is 0.192. The largest absolute Gasteiger partial charge is 0.486 e. The summed E-state index contributed by atoms with van der Waals surface area (Å²) in [6, 6.07) is 20.2. The molecule has 1 atom stereocenters. The van der Waals surface area contributed by atoms with Gasteiger partial charge in [-0.2, -0.15) is 5.26 Å². The van der Waals surface area contributed by atoms with Crippen LogP contribution in [0.1, 0.15) is 33.3 Å². The summed E-state index contributed by atoms with van der Waals surface area (Å²) in [5.41, 5.74) is 3.66. The zero-order valence-corrected chi connectivity index (χ0v) is 22.2. The average molecular weight is 554 g/mol. The molecule has 8 nitrogen and oxygen atoms in total. The minimum Gasteiger partial charge on any atom is -0.486 e. The first kappa shape index (κ1) is 26.5. The number of hydrogen-bond donors (Lipinski definition) is 0. The summed E-state index contributed by atoms with van der Waals surface area (Å²) in [6.07, 6.45) is 0. The van der Waals surface area contributed by atoms with Gasteiger partial charge in [0.1, 0.15) is 17.7 Å². The Morgan fingerprint density at radius 1 is 1.11 bits per heavy atom. The molecular weight excluding hydrogens is 533 g/mol. The second kappa shape index (κ2) is 11.6. The quantitative estimate of drug-likeness (QED) is 0.128. The van der Waals surface area contributed by atoms with E-state index in [1.807, 2.05) is 48.7 Å². The van der Waals surface area contributed by atoms with Crippen LogP contribution in [-0.2, 0) is 6.61 Å². The fourth-order valence-corrected chi connectivity index (χ4v) is 5.53. The molecule has 0 aliphatic heterocycles. The van der Waals surface area contributed by atoms with Gasteiger partial charge < -0.3 is 4.74 Å². The minimum atomic E-state index is -0.648. The van der Waals surface area contributed by atoms with Gasteiger partial charge in [0, 0.05) is 16.2 Å². The number of aryl methyl sites for hydroxylation is 2. The third-order valence-electron chi connectivity index (χ3n) is 5.52. The van der Waals surface area contributed by atoms with E-state index in [0.717, 1.165) is 11.3 Å². The number of nitro groups is 1. The van der Waals surface area contributed by atoms with E-state index < -0.39 is 5.25 Å². The number of benzene rings is 3. The molecule has 0 N–H and O–H groups in total. The summed E-state index contributed by atoms with van der Waals surface area (Å²) < 4.78 is 7.70. The van der Waals surface area contributed by atoms with Crippen LogP contribution in [0.25, 0.3) is 5.69 Å². The van der Waals surface area contributed by atoms with Crippen molar-refractivity contribution >= 4 is 35.0 Å². The summed E-state index contributed by atoms with van der Waals surface area (Å²) >= 11 is 14.3. The first-order valence-electron chi connectivity index (χ1n) is 11.1. The molecular formula is C26H21Cl2N5O3S. The van der Waals surface area contributed by atoms with E-state index in [0.29, 0.717) is 27.7 Å². The molecule has 4 aromatic rings. The highest BCUT2D eigenvalue weighted by molar-refractivity contribution is 7.99. The van der Waals surface area contributed by atoms with Crippen LogP contribution in [0.5, 0.6) is 5.75 Å². The topological polar surface area (TPSA) is 107 Å². The average Bonchev–Trinajstić information content (AvgIpc) is 3.22. The lowest BCUT2D eigenvalue weighted by molar-refractivity contribution is -0.479. The van der Waals surface area contributed by atoms with Crippen LogP contribution in [-0.4, -0.2) is 26.2 Å². The van der Waals surface area contributed by atoms with Gasteiger partial charge in [-0.25, -0.2) is 0 Å². The predicted octanol–water partition coefficient (Wildman–Crippen LogP) is 6.75. The highest BCUT2D eigenvalue weighted by atomic mass is 35.5. The fourth-order valence-electron chi connectivity index (χ4n) is 3.77. The smallest absolute Gasteiger partial charge is 0.220 e. The van der Waals surface area contributed by atoms with E-state index in [-0.39, 0.29) is 33.9 Å². The molecule has 1 heterocycles. The molecule has 4 rings (SSSR count). The van der Waals surface area contributed by atoms with Gasteiger partial charge in [-0.3, -0.25) is 14.7 Å². The van der Waals surface area contributed by atoms with Crippen LogP contribution in [0, 0.1) is 35.3 Å². The number of nitrogens with zero attached hydrogens (tertiary/aromatic N) is 5. The molecule has 0 saturated heterocycles. The zero-order chi connectivity index (χ0) is 26.5. The third kappa shape index (κ3) is 6.23. The summed E-state index contributed by atoms with van der Waals surface area (Å²) in [5.74, 6) is 0.897. The van der Waals surface area contributed by atoms with E-state index in [1.54, 1.807) is 30.3 Å². The van der Waals surface area contributed by atoms with E-state index in [1.165, 1.54) is 11.8 Å². The third-order valence-corrected chi connectivity index (χ3v) is 7.26. The Kier molecular flexibility index (Phi) is 8.34. The standard InChI is InChI=1S/C26H21Cl2N5O3S/c1-16-6-5-9-21(10-16)33-17(2)30-31-26(33)37-24(14-32(34)35)20-11-22(27)25(23(28)12-20)36-15-19-8-4-3-7-18(19)13-29/h3-12,24H,14-15H2,1-2H3/t24-/m0/s1. The van der Waals surface area contributed by atoms with E-state index in [2.05, 4.69) is 16.3 Å². The highest BCUT2D eigenvalue weighted by Gasteiger charge is 2.26. The molecule has 0 radical (unpaired) electrons. The maximum atomic E-state index is 11.6. The Morgan fingerprint density at radius 3 is 2.51 bits per heavy atom. The van der Waals surface area contributed by atoms with Crippen molar-refractivity contribution in [1.82, 2.24) is 14.8 Å². The number of nitriles is 1. The number of aromatic nitrogens is 3. The summed E-state index contributed by atoms with van der Waals surface area (Å²) in [7, 11) is 0. The monoisotopic (exact) mass is 553 g/mol. The van der Waals surface area contributed by atoms with Gasteiger partial charge in [-0.1, -0.05) is 65.3 Å². The number of hydrogen-bond acceptors (Lipinski definition) is 7. The Hall–Kier alpha value is -3.58. The van der Waals surface area contributed by atoms with Gasteiger partial charge in [0.2, 0.25) is 6.54 Å². The number of thioether (sulfide) groups is 1. The molecule has 1 aromatic heterocycles. The van der Waals surface area contributed by atoms with Gasteiger partial charge in [0.25, 0.3) is 0 Å². The van der Waals surface area contributed by atoms with Gasteiger partial charge in [-0.05, 0) is 55.3 Å². The molecule has 11 heteroatoms. The zero-order valence-electron chi connectivity index (χ0n) is 19.9. The molecule has 0 amide bonds. The van der Waals surface area contributed by atoms with E-state index in [9.17, 15) is 15.4 Å². The molecule has 0 spiro atoms. The van der Waals surface area contributed by atoms with E-state index >= 15 is 0 Å². The van der Waals surface area contributed by atoms with Gasteiger partial charge in [0.05, 0.1) is 21.7 Å². The maximum absolute atomic E-state index is 11.6. The van der Waals surface area contributed by atoms with Crippen molar-refractivity contribution in [1.29, 1.82) is 5.26 Å². The first-order valence-corrected chi connectivity index (χ1v) is 12.8. The molecule has 37 heavy (non-hydrogen) atoms. The summed E-state index contributed by atoms with van der Waals surface area (Å²) in [5, 5.41) is 29.6. The van der Waals surface area contributed by atoms with Crippen molar-refractivity contribution in [3.63, 3.8) is 0 Å². The summed E-state index contributed by atoms with van der Waals surface area (Å²) in [6.45, 7) is 3.52. The van der Waals surface area contributed by atoms with Crippen LogP contribution >= 0.6 is 35.0 Å². The predicted molar refractivity (Wildman–Crippen MR) is 143 cm³/mol. The van der Waals surface area contributed by atoms with Crippen LogP contribution < -0.4 is 4.74 Å². The second-order valence-electron chi connectivity index (χ2n) is 8.20. The van der Waals surface area contributed by atoms with Crippen molar-refractivity contribution in [2.24, 2.45) is 0 Å². The molecule has 0 unspecified atom stereocenters. The molecule has 0 saturated carbocycles. The summed E-state index contributed by atoms with van der Waals surface area (Å²) in [4.78, 5) is 11.2. The molecule has 0 aliphatic rings. The SMILES string of the molecule is Cc1cccc(-n2c(C)nnc2S[C@@H](C[N+](=O)[O-])c2cc(Cl)c(OCc3ccccc3C#N)c(Cl)c2)c1. The van der Waals surface area contributed by atoms with Crippen molar-refractivity contribution in [3.05, 3.63) is 109 Å². The van der Waals surface area contributed by atoms with Crippen molar-refractivity contribution in [2.75, 3.05) is 6.54 Å².